The van der Waals surface area contributed by atoms with Gasteiger partial charge in [-0.2, -0.15) is 0 Å². The number of nitrogens with one attached hydrogen (secondary N) is 1. The molecule has 1 aromatic heterocycles. The van der Waals surface area contributed by atoms with Crippen molar-refractivity contribution in [3.8, 4) is 0 Å². The van der Waals surface area contributed by atoms with Crippen LogP contribution in [0.4, 0.5) is 11.5 Å². The van der Waals surface area contributed by atoms with Crippen LogP contribution in [0.15, 0.2) is 28.8 Å². The molecule has 1 aliphatic heterocycles. The van der Waals surface area contributed by atoms with Gasteiger partial charge < -0.3 is 19.5 Å². The third kappa shape index (κ3) is 4.33. The Morgan fingerprint density at radius 1 is 1.30 bits per heavy atom. The standard InChI is InChI=1S/C19H21N3O5/c1-11-4-5-15(12(2)6-11)22-9-14(8-18(22)24)19(25)26-10-17(23)20-16-7-13(3)27-21-16/h4-7,14H,8-10H2,1-3H3,(H,20,21,23)/t14-/m1/s1. The minimum atomic E-state index is -0.597. The quantitative estimate of drug-likeness (QED) is 0.808. The fourth-order valence-electron chi connectivity index (χ4n) is 3.07. The number of carbonyl (C=O) groups excluding carboxylic acids is 3. The van der Waals surface area contributed by atoms with E-state index >= 15 is 0 Å². The van der Waals surface area contributed by atoms with Gasteiger partial charge >= 0.3 is 5.97 Å². The predicted octanol–water partition coefficient (Wildman–Crippen LogP) is 2.13. The fraction of sp³-hybridized carbons (Fsp3) is 0.368. The van der Waals surface area contributed by atoms with Crippen LogP contribution >= 0.6 is 0 Å². The molecule has 27 heavy (non-hydrogen) atoms. The minimum absolute atomic E-state index is 0.0657. The molecule has 2 amide bonds. The van der Waals surface area contributed by atoms with Gasteiger partial charge in [0.25, 0.3) is 5.91 Å². The summed E-state index contributed by atoms with van der Waals surface area (Å²) < 4.78 is 9.90. The normalized spacial score (nSPS) is 16.5. The number of aryl methyl sites for hydroxylation is 3. The van der Waals surface area contributed by atoms with E-state index in [9.17, 15) is 14.4 Å². The highest BCUT2D eigenvalue weighted by Gasteiger charge is 2.36. The summed E-state index contributed by atoms with van der Waals surface area (Å²) in [6, 6.07) is 7.35. The first kappa shape index (κ1) is 18.6. The number of rotatable bonds is 5. The van der Waals surface area contributed by atoms with E-state index in [1.165, 1.54) is 0 Å². The van der Waals surface area contributed by atoms with Crippen molar-refractivity contribution in [3.05, 3.63) is 41.2 Å². The van der Waals surface area contributed by atoms with E-state index in [4.69, 9.17) is 9.26 Å². The monoisotopic (exact) mass is 371 g/mol. The highest BCUT2D eigenvalue weighted by atomic mass is 16.5. The zero-order valence-electron chi connectivity index (χ0n) is 15.4. The van der Waals surface area contributed by atoms with Crippen molar-refractivity contribution in [1.29, 1.82) is 0 Å². The van der Waals surface area contributed by atoms with Gasteiger partial charge in [0, 0.05) is 24.7 Å². The molecule has 2 aromatic rings. The summed E-state index contributed by atoms with van der Waals surface area (Å²) in [6.45, 7) is 5.40. The molecule has 1 fully saturated rings. The fourth-order valence-corrected chi connectivity index (χ4v) is 3.07. The van der Waals surface area contributed by atoms with Crippen LogP contribution < -0.4 is 10.2 Å². The van der Waals surface area contributed by atoms with E-state index in [1.54, 1.807) is 17.9 Å². The Labute approximate surface area is 156 Å². The second kappa shape index (κ2) is 7.61. The number of ether oxygens (including phenoxy) is 1. The second-order valence-corrected chi connectivity index (χ2v) is 6.67. The first-order valence-electron chi connectivity index (χ1n) is 8.61. The number of esters is 1. The van der Waals surface area contributed by atoms with E-state index < -0.39 is 24.4 Å². The third-order valence-electron chi connectivity index (χ3n) is 4.34. The van der Waals surface area contributed by atoms with Crippen LogP contribution in [-0.4, -0.2) is 36.1 Å². The Morgan fingerprint density at radius 2 is 2.07 bits per heavy atom. The molecule has 0 aliphatic carbocycles. The van der Waals surface area contributed by atoms with E-state index in [2.05, 4.69) is 10.5 Å². The zero-order valence-corrected chi connectivity index (χ0v) is 15.4. The van der Waals surface area contributed by atoms with Gasteiger partial charge in [-0.1, -0.05) is 22.9 Å². The van der Waals surface area contributed by atoms with E-state index in [0.29, 0.717) is 5.76 Å². The predicted molar refractivity (Wildman–Crippen MR) is 97.2 cm³/mol. The Hall–Kier alpha value is -3.16. The average Bonchev–Trinajstić information content (AvgIpc) is 3.18. The number of nitrogens with zero attached hydrogens (tertiary/aromatic N) is 2. The molecule has 3 rings (SSSR count). The summed E-state index contributed by atoms with van der Waals surface area (Å²) >= 11 is 0. The van der Waals surface area contributed by atoms with Crippen LogP contribution in [0.2, 0.25) is 0 Å². The summed E-state index contributed by atoms with van der Waals surface area (Å²) in [6.07, 6.45) is 0.0657. The molecule has 0 bridgehead atoms. The van der Waals surface area contributed by atoms with E-state index in [-0.39, 0.29) is 24.7 Å². The minimum Gasteiger partial charge on any atom is -0.455 e. The summed E-state index contributed by atoms with van der Waals surface area (Å²) in [5.41, 5.74) is 2.87. The van der Waals surface area contributed by atoms with Gasteiger partial charge in [0.05, 0.1) is 5.92 Å². The Balaban J connectivity index is 1.55. The number of amides is 2. The molecule has 1 atom stereocenters. The maximum absolute atomic E-state index is 12.3. The maximum Gasteiger partial charge on any atom is 0.311 e. The molecule has 0 saturated carbocycles. The number of benzene rings is 1. The Bertz CT molecular complexity index is 889. The largest absolute Gasteiger partial charge is 0.455 e. The lowest BCUT2D eigenvalue weighted by Gasteiger charge is -2.19. The molecule has 2 heterocycles. The summed E-state index contributed by atoms with van der Waals surface area (Å²) in [5, 5.41) is 6.10. The number of carbonyl (C=O) groups is 3. The van der Waals surface area contributed by atoms with Gasteiger partial charge in [-0.15, -0.1) is 0 Å². The lowest BCUT2D eigenvalue weighted by Crippen LogP contribution is -2.28. The lowest BCUT2D eigenvalue weighted by molar-refractivity contribution is -0.151. The van der Waals surface area contributed by atoms with Crippen LogP contribution in [0.25, 0.3) is 0 Å². The highest BCUT2D eigenvalue weighted by Crippen LogP contribution is 2.29. The van der Waals surface area contributed by atoms with Gasteiger partial charge in [0.15, 0.2) is 12.4 Å². The van der Waals surface area contributed by atoms with E-state index in [0.717, 1.165) is 16.8 Å². The Morgan fingerprint density at radius 3 is 2.74 bits per heavy atom. The molecule has 142 valence electrons. The smallest absolute Gasteiger partial charge is 0.311 e. The molecule has 1 aliphatic rings. The van der Waals surface area contributed by atoms with Gasteiger partial charge in [-0.25, -0.2) is 0 Å². The third-order valence-corrected chi connectivity index (χ3v) is 4.34. The zero-order chi connectivity index (χ0) is 19.6. The number of hydrogen-bond acceptors (Lipinski definition) is 6. The second-order valence-electron chi connectivity index (χ2n) is 6.67. The van der Waals surface area contributed by atoms with E-state index in [1.807, 2.05) is 32.0 Å². The van der Waals surface area contributed by atoms with Crippen LogP contribution in [0.3, 0.4) is 0 Å². The number of aromatic nitrogens is 1. The van der Waals surface area contributed by atoms with Crippen molar-refractivity contribution < 1.29 is 23.6 Å². The van der Waals surface area contributed by atoms with Crippen LogP contribution in [0.5, 0.6) is 0 Å². The van der Waals surface area contributed by atoms with Gasteiger partial charge in [-0.3, -0.25) is 14.4 Å². The van der Waals surface area contributed by atoms with Crippen LogP contribution in [0.1, 0.15) is 23.3 Å². The average molecular weight is 371 g/mol. The topological polar surface area (TPSA) is 102 Å². The molecule has 0 unspecified atom stereocenters. The van der Waals surface area contributed by atoms with Crippen molar-refractivity contribution in [2.75, 3.05) is 23.4 Å². The first-order valence-corrected chi connectivity index (χ1v) is 8.61. The van der Waals surface area contributed by atoms with Crippen molar-refractivity contribution in [2.24, 2.45) is 5.92 Å². The SMILES string of the molecule is Cc1ccc(N2C[C@H](C(=O)OCC(=O)Nc3cc(C)on3)CC2=O)c(C)c1. The first-order chi connectivity index (χ1) is 12.8. The van der Waals surface area contributed by atoms with Gasteiger partial charge in [0.1, 0.15) is 5.76 Å². The molecular formula is C19H21N3O5. The van der Waals surface area contributed by atoms with Crippen LogP contribution in [0, 0.1) is 26.7 Å². The molecule has 1 saturated heterocycles. The molecular weight excluding hydrogens is 350 g/mol. The molecule has 1 N–H and O–H groups in total. The van der Waals surface area contributed by atoms with Crippen LogP contribution in [-0.2, 0) is 19.1 Å². The molecule has 8 heteroatoms. The lowest BCUT2D eigenvalue weighted by atomic mass is 10.1. The summed E-state index contributed by atoms with van der Waals surface area (Å²) in [4.78, 5) is 38.0. The number of anilines is 2. The molecule has 8 nitrogen and oxygen atoms in total. The van der Waals surface area contributed by atoms with Crippen molar-refractivity contribution in [2.45, 2.75) is 27.2 Å². The summed E-state index contributed by atoms with van der Waals surface area (Å²) in [5.74, 6) is -1.01. The molecule has 0 spiro atoms. The molecule has 1 aromatic carbocycles. The summed E-state index contributed by atoms with van der Waals surface area (Å²) in [7, 11) is 0. The van der Waals surface area contributed by atoms with Crippen molar-refractivity contribution >= 4 is 29.3 Å². The van der Waals surface area contributed by atoms with Crippen molar-refractivity contribution in [3.63, 3.8) is 0 Å². The van der Waals surface area contributed by atoms with Gasteiger partial charge in [-0.05, 0) is 32.4 Å². The molecule has 0 radical (unpaired) electrons. The highest BCUT2D eigenvalue weighted by molar-refractivity contribution is 6.00. The number of hydrogen-bond donors (Lipinski definition) is 1. The van der Waals surface area contributed by atoms with Gasteiger partial charge in [0.2, 0.25) is 5.91 Å². The van der Waals surface area contributed by atoms with Crippen molar-refractivity contribution in [1.82, 2.24) is 5.16 Å². The maximum atomic E-state index is 12.3. The Kier molecular flexibility index (Phi) is 5.25.